The lowest BCUT2D eigenvalue weighted by molar-refractivity contribution is -0.170. The Balaban J connectivity index is 2.68. The molecule has 1 rings (SSSR count). The largest absolute Gasteiger partial charge is 0.479 e. The van der Waals surface area contributed by atoms with Crippen LogP contribution in [-0.2, 0) is 9.53 Å². The number of rotatable bonds is 2. The summed E-state index contributed by atoms with van der Waals surface area (Å²) in [6, 6.07) is 0. The van der Waals surface area contributed by atoms with Gasteiger partial charge in [-0.05, 0) is 0 Å². The summed E-state index contributed by atoms with van der Waals surface area (Å²) in [6.45, 7) is 0. The van der Waals surface area contributed by atoms with E-state index in [1.807, 2.05) is 0 Å². The minimum Gasteiger partial charge on any atom is -0.479 e. The van der Waals surface area contributed by atoms with Crippen LogP contribution in [0.3, 0.4) is 0 Å². The Bertz CT molecular complexity index is 205. The second kappa shape index (κ2) is 3.56. The Hall–Kier alpha value is -0.730. The molecule has 0 aromatic rings. The van der Waals surface area contributed by atoms with E-state index in [-0.39, 0.29) is 0 Å². The highest BCUT2D eigenvalue weighted by Gasteiger charge is 2.47. The molecule has 1 saturated heterocycles. The van der Waals surface area contributed by atoms with Crippen LogP contribution in [0.25, 0.3) is 0 Å². The van der Waals surface area contributed by atoms with Crippen molar-refractivity contribution >= 4 is 5.97 Å². The molecule has 0 aromatic heterocycles. The highest BCUT2D eigenvalue weighted by Crippen LogP contribution is 2.22. The van der Waals surface area contributed by atoms with E-state index < -0.39 is 36.7 Å². The number of carboxylic acid groups (broad SMARTS) is 1. The van der Waals surface area contributed by atoms with Gasteiger partial charge in [0.15, 0.2) is 12.4 Å². The van der Waals surface area contributed by atoms with Crippen molar-refractivity contribution in [3.05, 3.63) is 0 Å². The van der Waals surface area contributed by atoms with Crippen molar-refractivity contribution in [1.82, 2.24) is 0 Å². The molecule has 0 aliphatic carbocycles. The van der Waals surface area contributed by atoms with E-state index >= 15 is 0 Å². The van der Waals surface area contributed by atoms with Gasteiger partial charge in [-0.15, -0.1) is 0 Å². The van der Waals surface area contributed by atoms with E-state index in [0.717, 1.165) is 0 Å². The molecule has 7 heteroatoms. The van der Waals surface area contributed by atoms with Crippen molar-refractivity contribution in [3.8, 4) is 0 Å². The summed E-state index contributed by atoms with van der Waals surface area (Å²) < 4.78 is 4.43. The standard InChI is InChI=1S/C6H10O7/c7-1-2(8)6(12)13-4(1)3(9)5(10)11/h1-4,6-9,12H,(H,10,11)/t1-,2-,3-,4+,6?/m0/s1. The third-order valence-electron chi connectivity index (χ3n) is 1.84. The van der Waals surface area contributed by atoms with Gasteiger partial charge in [0.2, 0.25) is 0 Å². The second-order valence-corrected chi connectivity index (χ2v) is 2.76. The maximum atomic E-state index is 10.2. The summed E-state index contributed by atoms with van der Waals surface area (Å²) in [5.41, 5.74) is 0. The van der Waals surface area contributed by atoms with Gasteiger partial charge in [0.05, 0.1) is 0 Å². The van der Waals surface area contributed by atoms with Crippen LogP contribution >= 0.6 is 0 Å². The predicted molar refractivity (Wildman–Crippen MR) is 36.5 cm³/mol. The Labute approximate surface area is 72.8 Å². The van der Waals surface area contributed by atoms with E-state index in [1.165, 1.54) is 0 Å². The third-order valence-corrected chi connectivity index (χ3v) is 1.84. The van der Waals surface area contributed by atoms with Crippen LogP contribution < -0.4 is 0 Å². The van der Waals surface area contributed by atoms with Crippen LogP contribution in [0.4, 0.5) is 0 Å². The minimum absolute atomic E-state index is 1.51. The molecular weight excluding hydrogens is 184 g/mol. The first-order valence-electron chi connectivity index (χ1n) is 3.55. The van der Waals surface area contributed by atoms with Crippen molar-refractivity contribution in [2.45, 2.75) is 30.7 Å². The lowest BCUT2D eigenvalue weighted by Gasteiger charge is -2.16. The minimum atomic E-state index is -1.97. The fourth-order valence-electron chi connectivity index (χ4n) is 1.09. The summed E-state index contributed by atoms with van der Waals surface area (Å²) >= 11 is 0. The molecule has 5 atom stereocenters. The summed E-state index contributed by atoms with van der Waals surface area (Å²) in [5, 5.41) is 44.1. The van der Waals surface area contributed by atoms with Gasteiger partial charge in [0.1, 0.15) is 18.3 Å². The molecule has 0 bridgehead atoms. The van der Waals surface area contributed by atoms with E-state index in [9.17, 15) is 4.79 Å². The summed E-state index contributed by atoms with van der Waals surface area (Å²) in [7, 11) is 0. The van der Waals surface area contributed by atoms with E-state index in [0.29, 0.717) is 0 Å². The average Bonchev–Trinajstić information content (AvgIpc) is 2.31. The number of ether oxygens (including phenoxy) is 1. The molecule has 5 N–H and O–H groups in total. The van der Waals surface area contributed by atoms with Crippen molar-refractivity contribution < 1.29 is 35.1 Å². The molecule has 0 amide bonds. The van der Waals surface area contributed by atoms with Gasteiger partial charge in [-0.25, -0.2) is 4.79 Å². The van der Waals surface area contributed by atoms with Crippen LogP contribution in [0, 0.1) is 0 Å². The van der Waals surface area contributed by atoms with Crippen LogP contribution in [0.15, 0.2) is 0 Å². The van der Waals surface area contributed by atoms with Crippen LogP contribution in [0.1, 0.15) is 0 Å². The molecule has 7 nitrogen and oxygen atoms in total. The normalized spacial score (nSPS) is 41.8. The molecule has 1 unspecified atom stereocenters. The summed E-state index contributed by atoms with van der Waals surface area (Å²) in [6.07, 6.45) is -8.36. The molecule has 0 saturated carbocycles. The van der Waals surface area contributed by atoms with Crippen molar-refractivity contribution in [1.29, 1.82) is 0 Å². The van der Waals surface area contributed by atoms with Crippen molar-refractivity contribution in [2.24, 2.45) is 0 Å². The Morgan fingerprint density at radius 2 is 1.77 bits per heavy atom. The maximum absolute atomic E-state index is 10.2. The number of hydrogen-bond acceptors (Lipinski definition) is 6. The lowest BCUT2D eigenvalue weighted by atomic mass is 10.1. The molecule has 0 radical (unpaired) electrons. The highest BCUT2D eigenvalue weighted by molar-refractivity contribution is 5.72. The van der Waals surface area contributed by atoms with Gasteiger partial charge >= 0.3 is 5.97 Å². The van der Waals surface area contributed by atoms with Crippen LogP contribution in [0.5, 0.6) is 0 Å². The number of carbonyl (C=O) groups is 1. The molecule has 0 aromatic carbocycles. The van der Waals surface area contributed by atoms with E-state index in [4.69, 9.17) is 25.5 Å². The first-order valence-corrected chi connectivity index (χ1v) is 3.55. The van der Waals surface area contributed by atoms with Gasteiger partial charge in [-0.1, -0.05) is 0 Å². The number of aliphatic hydroxyl groups excluding tert-OH is 4. The second-order valence-electron chi connectivity index (χ2n) is 2.76. The number of carboxylic acids is 1. The molecule has 13 heavy (non-hydrogen) atoms. The van der Waals surface area contributed by atoms with Crippen LogP contribution in [-0.4, -0.2) is 62.2 Å². The predicted octanol–water partition coefficient (Wildman–Crippen LogP) is -3.13. The quantitative estimate of drug-likeness (QED) is 0.314. The van der Waals surface area contributed by atoms with Crippen LogP contribution in [0.2, 0.25) is 0 Å². The number of aliphatic hydroxyl groups is 4. The van der Waals surface area contributed by atoms with Crippen molar-refractivity contribution in [2.75, 3.05) is 0 Å². The molecule has 1 heterocycles. The van der Waals surface area contributed by atoms with Gasteiger partial charge in [0.25, 0.3) is 0 Å². The fourth-order valence-corrected chi connectivity index (χ4v) is 1.09. The zero-order chi connectivity index (χ0) is 10.2. The summed E-state index contributed by atoms with van der Waals surface area (Å²) in [4.78, 5) is 10.2. The van der Waals surface area contributed by atoms with E-state index in [2.05, 4.69) is 4.74 Å². The van der Waals surface area contributed by atoms with Gasteiger partial charge < -0.3 is 30.3 Å². The molecule has 1 aliphatic heterocycles. The Morgan fingerprint density at radius 3 is 2.08 bits per heavy atom. The molecule has 0 spiro atoms. The fraction of sp³-hybridized carbons (Fsp3) is 0.833. The number of hydrogen-bond donors (Lipinski definition) is 5. The number of aliphatic carboxylic acids is 1. The zero-order valence-corrected chi connectivity index (χ0v) is 6.44. The highest BCUT2D eigenvalue weighted by atomic mass is 16.6. The first-order chi connectivity index (χ1) is 5.95. The lowest BCUT2D eigenvalue weighted by Crippen LogP contribution is -2.42. The molecular formula is C6H10O7. The molecule has 76 valence electrons. The monoisotopic (exact) mass is 194 g/mol. The SMILES string of the molecule is O=C(O)[C@@H](O)[C@@H]1OC(O)[C@@H](O)[C@@H]1O. The Morgan fingerprint density at radius 1 is 1.23 bits per heavy atom. The Kier molecular flexibility index (Phi) is 2.84. The molecule has 1 aliphatic rings. The topological polar surface area (TPSA) is 127 Å². The molecule has 1 fully saturated rings. The third kappa shape index (κ3) is 1.79. The van der Waals surface area contributed by atoms with Gasteiger partial charge in [0, 0.05) is 0 Å². The zero-order valence-electron chi connectivity index (χ0n) is 6.44. The first kappa shape index (κ1) is 10.4. The van der Waals surface area contributed by atoms with E-state index in [1.54, 1.807) is 0 Å². The van der Waals surface area contributed by atoms with Crippen molar-refractivity contribution in [3.63, 3.8) is 0 Å². The van der Waals surface area contributed by atoms with Gasteiger partial charge in [-0.2, -0.15) is 0 Å². The van der Waals surface area contributed by atoms with Gasteiger partial charge in [-0.3, -0.25) is 0 Å². The maximum Gasteiger partial charge on any atom is 0.335 e. The summed E-state index contributed by atoms with van der Waals surface area (Å²) in [5.74, 6) is -1.59. The smallest absolute Gasteiger partial charge is 0.335 e. The average molecular weight is 194 g/mol.